The zero-order valence-electron chi connectivity index (χ0n) is 25.1. The largest absolute Gasteiger partial charge is 0.342 e. The number of carbonyl (C=O) groups excluding carboxylic acids is 1. The van der Waals surface area contributed by atoms with E-state index in [0.29, 0.717) is 40.5 Å². The Morgan fingerprint density at radius 1 is 0.830 bits per heavy atom. The van der Waals surface area contributed by atoms with E-state index in [2.05, 4.69) is 5.32 Å². The zero-order valence-corrected chi connectivity index (χ0v) is 25.9. The monoisotopic (exact) mass is 653 g/mol. The predicted molar refractivity (Wildman–Crippen MR) is 178 cm³/mol. The molecule has 0 fully saturated rings. The summed E-state index contributed by atoms with van der Waals surface area (Å²) in [5, 5.41) is 11.6. The highest BCUT2D eigenvalue weighted by molar-refractivity contribution is 7.22. The molecule has 0 atom stereocenters. The molecule has 6 aromatic rings. The fraction of sp³-hybridized carbons (Fsp3) is 0.114. The van der Waals surface area contributed by atoms with E-state index in [-0.39, 0.29) is 15.8 Å². The molecule has 0 radical (unpaired) electrons. The molecule has 0 saturated heterocycles. The summed E-state index contributed by atoms with van der Waals surface area (Å²) in [5.74, 6) is -1.62. The van der Waals surface area contributed by atoms with Crippen LogP contribution in [0.5, 0.6) is 0 Å². The van der Waals surface area contributed by atoms with Crippen LogP contribution in [0.3, 0.4) is 0 Å². The van der Waals surface area contributed by atoms with Crippen molar-refractivity contribution in [2.24, 2.45) is 0 Å². The van der Waals surface area contributed by atoms with Gasteiger partial charge in [0.25, 0.3) is 5.56 Å². The van der Waals surface area contributed by atoms with Gasteiger partial charge in [0.05, 0.1) is 17.6 Å². The molecule has 0 unspecified atom stereocenters. The molecule has 2 amide bonds. The second-order valence-electron chi connectivity index (χ2n) is 10.9. The maximum Gasteiger partial charge on any atom is 0.342 e. The van der Waals surface area contributed by atoms with Crippen LogP contribution < -0.4 is 22.0 Å². The summed E-state index contributed by atoms with van der Waals surface area (Å²) in [4.78, 5) is 43.2. The Labute approximate surface area is 271 Å². The van der Waals surface area contributed by atoms with Crippen molar-refractivity contribution in [1.29, 1.82) is 0 Å². The fourth-order valence-electron chi connectivity index (χ4n) is 5.52. The van der Waals surface area contributed by atoms with Crippen LogP contribution in [0.2, 0.25) is 0 Å². The maximum absolute atomic E-state index is 15.0. The summed E-state index contributed by atoms with van der Waals surface area (Å²) in [6, 6.07) is 27.7. The predicted octanol–water partition coefficient (Wildman–Crippen LogP) is 6.35. The molecular formula is C35H29F2N5O4S. The summed E-state index contributed by atoms with van der Waals surface area (Å²) in [7, 11) is 1.92. The van der Waals surface area contributed by atoms with Gasteiger partial charge in [-0.1, -0.05) is 66.7 Å². The lowest BCUT2D eigenvalue weighted by atomic mass is 10.1. The van der Waals surface area contributed by atoms with Gasteiger partial charge in [-0.25, -0.2) is 28.4 Å². The second-order valence-corrected chi connectivity index (χ2v) is 11.9. The molecule has 4 aromatic carbocycles. The fourth-order valence-corrected chi connectivity index (χ4v) is 6.83. The number of fused-ring (bicyclic) bond motifs is 1. The molecule has 47 heavy (non-hydrogen) atoms. The molecule has 0 aliphatic rings. The van der Waals surface area contributed by atoms with Gasteiger partial charge in [-0.2, -0.15) is 0 Å². The lowest BCUT2D eigenvalue weighted by molar-refractivity contribution is 0.172. The van der Waals surface area contributed by atoms with Gasteiger partial charge in [-0.15, -0.1) is 11.3 Å². The summed E-state index contributed by atoms with van der Waals surface area (Å²) in [6.45, 7) is 0.413. The lowest BCUT2D eigenvalue weighted by Gasteiger charge is -2.18. The summed E-state index contributed by atoms with van der Waals surface area (Å²) < 4.78 is 32.2. The van der Waals surface area contributed by atoms with E-state index in [9.17, 15) is 23.2 Å². The maximum atomic E-state index is 15.0. The molecule has 238 valence electrons. The number of halogens is 2. The first-order valence-corrected chi connectivity index (χ1v) is 15.4. The molecule has 2 heterocycles. The Hall–Kier alpha value is -5.43. The van der Waals surface area contributed by atoms with Crippen molar-refractivity contribution < 1.29 is 18.8 Å². The number of urea groups is 1. The van der Waals surface area contributed by atoms with E-state index in [1.54, 1.807) is 54.6 Å². The number of amides is 2. The van der Waals surface area contributed by atoms with Crippen LogP contribution in [0.15, 0.2) is 113 Å². The van der Waals surface area contributed by atoms with Crippen LogP contribution in [0, 0.1) is 11.6 Å². The van der Waals surface area contributed by atoms with Gasteiger partial charge in [0.1, 0.15) is 16.5 Å². The molecule has 3 N–H and O–H groups in total. The third-order valence-corrected chi connectivity index (χ3v) is 9.00. The normalized spacial score (nSPS) is 11.3. The third-order valence-electron chi connectivity index (χ3n) is 7.69. The van der Waals surface area contributed by atoms with Gasteiger partial charge in [-0.3, -0.25) is 19.5 Å². The van der Waals surface area contributed by atoms with E-state index < -0.39 is 35.5 Å². The minimum Gasteiger partial charge on any atom is -0.306 e. The summed E-state index contributed by atoms with van der Waals surface area (Å²) >= 11 is 1.18. The lowest BCUT2D eigenvalue weighted by Crippen LogP contribution is -2.39. The van der Waals surface area contributed by atoms with Crippen molar-refractivity contribution in [3.63, 3.8) is 0 Å². The number of para-hydroxylation sites is 1. The molecule has 0 saturated carbocycles. The van der Waals surface area contributed by atoms with Crippen LogP contribution in [0.25, 0.3) is 26.3 Å². The summed E-state index contributed by atoms with van der Waals surface area (Å²) in [5.41, 5.74) is 3.03. The van der Waals surface area contributed by atoms with E-state index in [0.717, 1.165) is 22.3 Å². The second kappa shape index (κ2) is 13.5. The van der Waals surface area contributed by atoms with Gasteiger partial charge < -0.3 is 5.32 Å². The first kappa shape index (κ1) is 31.5. The van der Waals surface area contributed by atoms with Crippen LogP contribution >= 0.6 is 11.3 Å². The van der Waals surface area contributed by atoms with Crippen LogP contribution in [0.4, 0.5) is 19.3 Å². The van der Waals surface area contributed by atoms with Crippen LogP contribution in [-0.4, -0.2) is 32.3 Å². The number of hydroxylamine groups is 1. The number of anilines is 1. The zero-order chi connectivity index (χ0) is 33.1. The van der Waals surface area contributed by atoms with E-state index >= 15 is 0 Å². The molecule has 6 rings (SSSR count). The molecule has 0 aliphatic carbocycles. The van der Waals surface area contributed by atoms with Crippen molar-refractivity contribution in [2.75, 3.05) is 12.4 Å². The average molecular weight is 654 g/mol. The Morgan fingerprint density at radius 3 is 2.11 bits per heavy atom. The highest BCUT2D eigenvalue weighted by Crippen LogP contribution is 2.38. The molecule has 2 aromatic heterocycles. The van der Waals surface area contributed by atoms with Crippen molar-refractivity contribution in [3.8, 4) is 16.1 Å². The van der Waals surface area contributed by atoms with Crippen LogP contribution in [0.1, 0.15) is 16.7 Å². The van der Waals surface area contributed by atoms with E-state index in [4.69, 9.17) is 5.21 Å². The van der Waals surface area contributed by atoms with Crippen molar-refractivity contribution >= 4 is 33.3 Å². The van der Waals surface area contributed by atoms with Gasteiger partial charge in [0, 0.05) is 29.2 Å². The van der Waals surface area contributed by atoms with Crippen molar-refractivity contribution in [1.82, 2.24) is 19.5 Å². The van der Waals surface area contributed by atoms with Gasteiger partial charge in [-0.05, 0) is 60.1 Å². The quantitative estimate of drug-likeness (QED) is 0.125. The van der Waals surface area contributed by atoms with Gasteiger partial charge in [0.2, 0.25) is 0 Å². The summed E-state index contributed by atoms with van der Waals surface area (Å²) in [6.07, 6.45) is 0. The third kappa shape index (κ3) is 6.47. The first-order valence-electron chi connectivity index (χ1n) is 14.6. The molecular weight excluding hydrogens is 624 g/mol. The van der Waals surface area contributed by atoms with Crippen LogP contribution in [-0.2, 0) is 19.6 Å². The number of thiophene rings is 1. The van der Waals surface area contributed by atoms with Crippen molar-refractivity contribution in [3.05, 3.63) is 152 Å². The Balaban J connectivity index is 1.61. The Bertz CT molecular complexity index is 2160. The number of hydrogen-bond donors (Lipinski definition) is 3. The Kier molecular flexibility index (Phi) is 9.07. The van der Waals surface area contributed by atoms with Gasteiger partial charge in [0.15, 0.2) is 0 Å². The average Bonchev–Trinajstić information content (AvgIpc) is 3.44. The number of nitrogens with one attached hydrogen (secondary N) is 2. The van der Waals surface area contributed by atoms with E-state index in [1.807, 2.05) is 42.3 Å². The molecule has 0 bridgehead atoms. The molecule has 12 heteroatoms. The Morgan fingerprint density at radius 2 is 1.47 bits per heavy atom. The number of nitrogens with zero attached hydrogens (tertiary/aromatic N) is 3. The number of hydrogen-bond acceptors (Lipinski definition) is 6. The van der Waals surface area contributed by atoms with Crippen molar-refractivity contribution in [2.45, 2.75) is 19.6 Å². The number of aromatic nitrogens is 2. The van der Waals surface area contributed by atoms with Gasteiger partial charge >= 0.3 is 11.7 Å². The minimum absolute atomic E-state index is 0.256. The number of rotatable bonds is 9. The SMILES string of the molecule is CN(Cc1ccccc1)Cc1c(-c2ccc(NC(=O)NO)cc2)sc2c1c(=O)n(-c1ccccc1)c(=O)n2Cc1c(F)cccc1F. The molecule has 0 spiro atoms. The van der Waals surface area contributed by atoms with E-state index in [1.165, 1.54) is 27.5 Å². The topological polar surface area (TPSA) is 109 Å². The highest BCUT2D eigenvalue weighted by atomic mass is 32.1. The smallest absolute Gasteiger partial charge is 0.306 e. The minimum atomic E-state index is -0.811. The number of benzene rings is 4. The first-order chi connectivity index (χ1) is 22.7. The molecule has 0 aliphatic heterocycles. The molecule has 9 nitrogen and oxygen atoms in total. The number of carbonyl (C=O) groups is 1. The highest BCUT2D eigenvalue weighted by Gasteiger charge is 2.25. The standard InChI is InChI=1S/C35H29F2N5O4S/c1-40(19-22-9-4-2-5-10-22)20-27-30-32(43)42(25-11-6-3-7-12-25)35(45)41(21-26-28(36)13-8-14-29(26)37)33(30)47-31(27)23-15-17-24(18-16-23)38-34(44)39-46/h2-18,46H,19-21H2,1H3,(H2,38,39,44).